The first-order valence-electron chi connectivity index (χ1n) is 10.0. The van der Waals surface area contributed by atoms with E-state index in [9.17, 15) is 14.9 Å². The number of amides is 1. The minimum atomic E-state index is -0.464. The van der Waals surface area contributed by atoms with Gasteiger partial charge in [0.2, 0.25) is 0 Å². The molecule has 1 heterocycles. The molecule has 0 aliphatic carbocycles. The van der Waals surface area contributed by atoms with Crippen molar-refractivity contribution < 1.29 is 19.2 Å². The molecule has 0 spiro atoms. The van der Waals surface area contributed by atoms with Gasteiger partial charge in [-0.25, -0.2) is 5.43 Å². The molecule has 172 valence electrons. The Bertz CT molecular complexity index is 1390. The number of nitrogens with one attached hydrogen (secondary N) is 1. The molecule has 0 fully saturated rings. The number of rotatable bonds is 8. The van der Waals surface area contributed by atoms with Gasteiger partial charge in [-0.15, -0.1) is 11.3 Å². The second kappa shape index (κ2) is 10.6. The van der Waals surface area contributed by atoms with Crippen molar-refractivity contribution in [3.05, 3.63) is 96.4 Å². The van der Waals surface area contributed by atoms with E-state index in [2.05, 4.69) is 33.1 Å². The van der Waals surface area contributed by atoms with Crippen LogP contribution in [0.4, 0.5) is 5.69 Å². The van der Waals surface area contributed by atoms with E-state index in [1.165, 1.54) is 29.7 Å². The lowest BCUT2D eigenvalue weighted by atomic mass is 10.2. The number of fused-ring (bicyclic) bond motifs is 1. The predicted molar refractivity (Wildman–Crippen MR) is 140 cm³/mol. The van der Waals surface area contributed by atoms with Gasteiger partial charge in [0.25, 0.3) is 11.6 Å². The molecule has 0 aliphatic heterocycles. The van der Waals surface area contributed by atoms with E-state index in [0.29, 0.717) is 28.4 Å². The van der Waals surface area contributed by atoms with Gasteiger partial charge >= 0.3 is 0 Å². The molecule has 0 radical (unpaired) electrons. The minimum Gasteiger partial charge on any atom is -0.493 e. The van der Waals surface area contributed by atoms with Gasteiger partial charge in [0.1, 0.15) is 6.61 Å². The summed E-state index contributed by atoms with van der Waals surface area (Å²) in [6, 6.07) is 19.6. The van der Waals surface area contributed by atoms with E-state index >= 15 is 0 Å². The maximum atomic E-state index is 12.5. The first-order valence-corrected chi connectivity index (χ1v) is 11.9. The molecular formula is C24H18IN3O5S. The highest BCUT2D eigenvalue weighted by molar-refractivity contribution is 14.1. The van der Waals surface area contributed by atoms with E-state index in [0.717, 1.165) is 19.4 Å². The first-order chi connectivity index (χ1) is 16.4. The van der Waals surface area contributed by atoms with Crippen molar-refractivity contribution in [2.24, 2.45) is 5.10 Å². The molecule has 0 unspecified atom stereocenters. The van der Waals surface area contributed by atoms with Crippen LogP contribution in [0.15, 0.2) is 71.8 Å². The van der Waals surface area contributed by atoms with Crippen molar-refractivity contribution in [1.29, 1.82) is 0 Å². The Morgan fingerprint density at radius 1 is 1.18 bits per heavy atom. The number of carbonyl (C=O) groups is 1. The fourth-order valence-corrected chi connectivity index (χ4v) is 4.87. The summed E-state index contributed by atoms with van der Waals surface area (Å²) in [7, 11) is 1.56. The summed E-state index contributed by atoms with van der Waals surface area (Å²) in [5, 5.41) is 15.6. The maximum absolute atomic E-state index is 12.5. The fourth-order valence-electron chi connectivity index (χ4n) is 3.16. The molecule has 3 aromatic carbocycles. The molecule has 0 saturated carbocycles. The predicted octanol–water partition coefficient (Wildman–Crippen LogP) is 5.77. The van der Waals surface area contributed by atoms with Crippen molar-refractivity contribution in [2.45, 2.75) is 6.61 Å². The summed E-state index contributed by atoms with van der Waals surface area (Å²) < 4.78 is 13.1. The molecule has 4 aromatic rings. The zero-order valence-electron chi connectivity index (χ0n) is 17.9. The largest absolute Gasteiger partial charge is 0.493 e. The molecule has 0 saturated heterocycles. The van der Waals surface area contributed by atoms with Crippen LogP contribution in [0.2, 0.25) is 0 Å². The highest BCUT2D eigenvalue weighted by atomic mass is 127. The van der Waals surface area contributed by atoms with Gasteiger partial charge in [0.15, 0.2) is 11.5 Å². The summed E-state index contributed by atoms with van der Waals surface area (Å²) in [5.41, 5.74) is 4.25. The molecule has 8 nitrogen and oxygen atoms in total. The number of halogens is 1. The number of nitro groups is 1. The fraction of sp³-hybridized carbons (Fsp3) is 0.0833. The second-order valence-corrected chi connectivity index (χ2v) is 9.34. The van der Waals surface area contributed by atoms with Crippen LogP contribution in [0, 0.1) is 13.7 Å². The lowest BCUT2D eigenvalue weighted by molar-refractivity contribution is -0.384. The molecule has 4 rings (SSSR count). The number of carbonyl (C=O) groups excluding carboxylic acids is 1. The van der Waals surface area contributed by atoms with E-state index < -0.39 is 10.8 Å². The third-order valence-electron chi connectivity index (χ3n) is 4.79. The van der Waals surface area contributed by atoms with Crippen LogP contribution in [0.3, 0.4) is 0 Å². The number of hydrogen-bond acceptors (Lipinski definition) is 7. The summed E-state index contributed by atoms with van der Waals surface area (Å²) in [6.07, 6.45) is 1.52. The summed E-state index contributed by atoms with van der Waals surface area (Å²) >= 11 is 3.41. The van der Waals surface area contributed by atoms with E-state index in [1.807, 2.05) is 36.4 Å². The quantitative estimate of drug-likeness (QED) is 0.122. The number of hydrogen-bond donors (Lipinski definition) is 1. The Hall–Kier alpha value is -3.51. The number of methoxy groups -OCH3 is 1. The van der Waals surface area contributed by atoms with Crippen LogP contribution in [-0.2, 0) is 6.61 Å². The van der Waals surface area contributed by atoms with Gasteiger partial charge in [-0.05, 0) is 58.0 Å². The average Bonchev–Trinajstić information content (AvgIpc) is 3.27. The molecule has 0 bridgehead atoms. The number of benzene rings is 3. The van der Waals surface area contributed by atoms with Crippen LogP contribution >= 0.6 is 33.9 Å². The number of nitro benzene ring substituents is 1. The van der Waals surface area contributed by atoms with Crippen molar-refractivity contribution in [3.8, 4) is 11.5 Å². The highest BCUT2D eigenvalue weighted by Crippen LogP contribution is 2.34. The molecule has 0 atom stereocenters. The Morgan fingerprint density at radius 2 is 1.97 bits per heavy atom. The van der Waals surface area contributed by atoms with Crippen molar-refractivity contribution in [1.82, 2.24) is 5.43 Å². The van der Waals surface area contributed by atoms with E-state index in [4.69, 9.17) is 9.47 Å². The molecule has 1 N–H and O–H groups in total. The number of hydrazone groups is 1. The number of ether oxygens (including phenoxy) is 2. The topological polar surface area (TPSA) is 103 Å². The smallest absolute Gasteiger partial charge is 0.281 e. The van der Waals surface area contributed by atoms with Crippen LogP contribution in [0.5, 0.6) is 11.5 Å². The lowest BCUT2D eigenvalue weighted by Gasteiger charge is -2.13. The number of thiophene rings is 1. The normalized spacial score (nSPS) is 11.0. The van der Waals surface area contributed by atoms with Crippen molar-refractivity contribution >= 4 is 61.8 Å². The van der Waals surface area contributed by atoms with Gasteiger partial charge < -0.3 is 9.47 Å². The summed E-state index contributed by atoms with van der Waals surface area (Å²) in [6.45, 7) is 0.412. The zero-order valence-corrected chi connectivity index (χ0v) is 20.8. The SMILES string of the molecule is COc1cc(/C=N\NC(=O)c2cc3cc([N+](=O)[O-])ccc3s2)cc(I)c1OCc1ccccc1. The minimum absolute atomic E-state index is 0.0185. The van der Waals surface area contributed by atoms with Crippen molar-refractivity contribution in [3.63, 3.8) is 0 Å². The Kier molecular flexibility index (Phi) is 7.38. The Labute approximate surface area is 212 Å². The van der Waals surface area contributed by atoms with Crippen LogP contribution in [-0.4, -0.2) is 24.2 Å². The number of non-ortho nitro benzene ring substituents is 1. The zero-order chi connectivity index (χ0) is 24.1. The lowest BCUT2D eigenvalue weighted by Crippen LogP contribution is -2.16. The molecule has 1 aromatic heterocycles. The maximum Gasteiger partial charge on any atom is 0.281 e. The molecule has 34 heavy (non-hydrogen) atoms. The number of nitrogens with zero attached hydrogens (tertiary/aromatic N) is 2. The third-order valence-corrected chi connectivity index (χ3v) is 6.71. The van der Waals surface area contributed by atoms with Gasteiger partial charge in [-0.3, -0.25) is 14.9 Å². The van der Waals surface area contributed by atoms with Gasteiger partial charge in [-0.1, -0.05) is 30.3 Å². The first kappa shape index (κ1) is 23.6. The second-order valence-electron chi connectivity index (χ2n) is 7.10. The van der Waals surface area contributed by atoms with E-state index in [-0.39, 0.29) is 5.69 Å². The summed E-state index contributed by atoms with van der Waals surface area (Å²) in [5.74, 6) is 0.791. The van der Waals surface area contributed by atoms with Gasteiger partial charge in [0, 0.05) is 22.2 Å². The van der Waals surface area contributed by atoms with E-state index in [1.54, 1.807) is 25.3 Å². The summed E-state index contributed by atoms with van der Waals surface area (Å²) in [4.78, 5) is 23.4. The molecule has 10 heteroatoms. The van der Waals surface area contributed by atoms with Crippen molar-refractivity contribution in [2.75, 3.05) is 7.11 Å². The highest BCUT2D eigenvalue weighted by Gasteiger charge is 2.14. The van der Waals surface area contributed by atoms with Crippen LogP contribution in [0.25, 0.3) is 10.1 Å². The van der Waals surface area contributed by atoms with Crippen LogP contribution in [0.1, 0.15) is 20.8 Å². The van der Waals surface area contributed by atoms with Gasteiger partial charge in [0.05, 0.1) is 26.7 Å². The van der Waals surface area contributed by atoms with Crippen LogP contribution < -0.4 is 14.9 Å². The monoisotopic (exact) mass is 587 g/mol. The molecular weight excluding hydrogens is 569 g/mol. The Morgan fingerprint density at radius 3 is 2.71 bits per heavy atom. The molecule has 0 aliphatic rings. The van der Waals surface area contributed by atoms with Gasteiger partial charge in [-0.2, -0.15) is 5.10 Å². The Balaban J connectivity index is 1.44. The third kappa shape index (κ3) is 5.51. The standard InChI is InChI=1S/C24H18IN3O5S/c1-32-20-10-16(9-19(25)23(20)33-14-15-5-3-2-4-6-15)13-26-27-24(29)22-12-17-11-18(28(30)31)7-8-21(17)34-22/h2-13H,14H2,1H3,(H,27,29)/b26-13-. The average molecular weight is 587 g/mol. The molecule has 1 amide bonds.